The van der Waals surface area contributed by atoms with Crippen molar-refractivity contribution in [3.05, 3.63) is 84.4 Å². The van der Waals surface area contributed by atoms with Gasteiger partial charge in [0.05, 0.1) is 0 Å². The van der Waals surface area contributed by atoms with Crippen LogP contribution >= 0.6 is 0 Å². The monoisotopic (exact) mass is 334 g/mol. The zero-order chi connectivity index (χ0) is 14.9. The molecule has 2 N–H and O–H groups in total. The number of rotatable bonds is 2. The molecule has 0 saturated carbocycles. The van der Waals surface area contributed by atoms with Crippen molar-refractivity contribution in [1.29, 1.82) is 0 Å². The second-order valence-electron chi connectivity index (χ2n) is 4.58. The van der Waals surface area contributed by atoms with Crippen LogP contribution in [0.2, 0.25) is 0 Å². The van der Waals surface area contributed by atoms with Crippen molar-refractivity contribution in [2.45, 2.75) is 6.92 Å². The first-order chi connectivity index (χ1) is 10.2. The minimum Gasteiger partial charge on any atom is -0.371 e. The van der Waals surface area contributed by atoms with Crippen molar-refractivity contribution < 1.29 is 21.9 Å². The van der Waals surface area contributed by atoms with Crippen LogP contribution < -0.4 is 10.6 Å². The van der Waals surface area contributed by atoms with Gasteiger partial charge in [-0.25, -0.2) is 16.9 Å². The molecule has 4 heteroatoms. The van der Waals surface area contributed by atoms with Gasteiger partial charge in [-0.1, -0.05) is 17.7 Å². The van der Waals surface area contributed by atoms with Gasteiger partial charge < -0.3 is 10.6 Å². The number of amides is 2. The quantitative estimate of drug-likeness (QED) is 0.515. The molecule has 3 aromatic rings. The van der Waals surface area contributed by atoms with Gasteiger partial charge in [-0.2, -0.15) is 42.5 Å². The summed E-state index contributed by atoms with van der Waals surface area (Å²) in [5.74, 6) is 0. The zero-order valence-corrected chi connectivity index (χ0v) is 13.4. The molecule has 0 aliphatic heterocycles. The van der Waals surface area contributed by atoms with E-state index >= 15 is 0 Å². The summed E-state index contributed by atoms with van der Waals surface area (Å²) < 4.78 is 0. The van der Waals surface area contributed by atoms with Crippen LogP contribution in [-0.2, 0) is 17.1 Å². The molecule has 0 aliphatic carbocycles. The third-order valence-electron chi connectivity index (χ3n) is 2.79. The van der Waals surface area contributed by atoms with E-state index in [0.717, 1.165) is 11.4 Å². The number of benzene rings is 1. The molecule has 2 amide bonds. The zero-order valence-electron chi connectivity index (χ0n) is 12.3. The van der Waals surface area contributed by atoms with E-state index in [9.17, 15) is 4.79 Å². The van der Waals surface area contributed by atoms with E-state index in [0.29, 0.717) is 0 Å². The Morgan fingerprint density at radius 3 is 2.00 bits per heavy atom. The van der Waals surface area contributed by atoms with E-state index in [1.54, 1.807) is 0 Å². The molecule has 0 aliphatic rings. The van der Waals surface area contributed by atoms with Crippen LogP contribution in [0.5, 0.6) is 0 Å². The molecule has 3 rings (SSSR count). The predicted octanol–water partition coefficient (Wildman–Crippen LogP) is 4.76. The van der Waals surface area contributed by atoms with Crippen LogP contribution in [-0.4, -0.2) is 6.03 Å². The van der Waals surface area contributed by atoms with Crippen molar-refractivity contribution in [3.8, 4) is 0 Å². The Bertz CT molecular complexity index is 611. The van der Waals surface area contributed by atoms with Crippen LogP contribution in [0.15, 0.2) is 78.9 Å². The Morgan fingerprint density at radius 2 is 1.50 bits per heavy atom. The number of carbonyl (C=O) groups is 1. The Labute approximate surface area is 141 Å². The molecule has 3 nitrogen and oxygen atoms in total. The van der Waals surface area contributed by atoms with E-state index < -0.39 is 0 Å². The van der Waals surface area contributed by atoms with E-state index in [2.05, 4.69) is 10.6 Å². The number of hydrogen-bond donors (Lipinski definition) is 2. The standard InChI is InChI=1S/C13H13N2O.C5H5.Fe/c1-10-6-8-12(9-7-10)15-13(16)14-11-4-2-3-5-11;1-2-4-5-3-1;/h2-9H,1H3,(H2,14,15,16);1-5H;/q2*-1;+2. The largest absolute Gasteiger partial charge is 2.00 e. The first-order valence-corrected chi connectivity index (χ1v) is 6.77. The van der Waals surface area contributed by atoms with Crippen LogP contribution in [0.3, 0.4) is 0 Å². The van der Waals surface area contributed by atoms with Crippen molar-refractivity contribution >= 4 is 17.4 Å². The molecule has 0 fully saturated rings. The molecule has 0 atom stereocenters. The van der Waals surface area contributed by atoms with Crippen molar-refractivity contribution in [2.24, 2.45) is 0 Å². The van der Waals surface area contributed by atoms with Crippen molar-refractivity contribution in [3.63, 3.8) is 0 Å². The molecule has 0 aromatic heterocycles. The van der Waals surface area contributed by atoms with E-state index in [1.807, 2.05) is 85.8 Å². The minimum absolute atomic E-state index is 0. The van der Waals surface area contributed by atoms with Crippen LogP contribution in [0.1, 0.15) is 5.56 Å². The average molecular weight is 334 g/mol. The first kappa shape index (κ1) is 17.8. The Hall–Kier alpha value is -2.29. The molecule has 3 aromatic carbocycles. The van der Waals surface area contributed by atoms with Gasteiger partial charge in [0, 0.05) is 5.69 Å². The first-order valence-electron chi connectivity index (χ1n) is 6.77. The molecular formula is C18H18FeN2O. The van der Waals surface area contributed by atoms with Gasteiger partial charge in [0.2, 0.25) is 0 Å². The number of hydrogen-bond acceptors (Lipinski definition) is 1. The SMILES string of the molecule is Cc1ccc(NC(=O)Nc2cc[cH-]c2)cc1.[Fe+2].c1cc[cH-]c1. The van der Waals surface area contributed by atoms with Gasteiger partial charge >= 0.3 is 23.1 Å². The summed E-state index contributed by atoms with van der Waals surface area (Å²) in [6, 6.07) is 24.9. The van der Waals surface area contributed by atoms with Gasteiger partial charge in [0.25, 0.3) is 0 Å². The van der Waals surface area contributed by atoms with E-state index in [1.165, 1.54) is 5.56 Å². The Kier molecular flexibility index (Phi) is 7.76. The van der Waals surface area contributed by atoms with Gasteiger partial charge in [0.15, 0.2) is 0 Å². The fraction of sp³-hybridized carbons (Fsp3) is 0.0556. The fourth-order valence-electron chi connectivity index (χ4n) is 1.71. The van der Waals surface area contributed by atoms with E-state index in [-0.39, 0.29) is 23.1 Å². The summed E-state index contributed by atoms with van der Waals surface area (Å²) in [6.07, 6.45) is 0. The maximum Gasteiger partial charge on any atom is 2.00 e. The fourth-order valence-corrected chi connectivity index (χ4v) is 1.71. The van der Waals surface area contributed by atoms with Crippen LogP contribution in [0.25, 0.3) is 0 Å². The molecular weight excluding hydrogens is 316 g/mol. The van der Waals surface area contributed by atoms with Crippen molar-refractivity contribution in [2.75, 3.05) is 10.6 Å². The van der Waals surface area contributed by atoms with Gasteiger partial charge in [-0.3, -0.25) is 0 Å². The summed E-state index contributed by atoms with van der Waals surface area (Å²) in [4.78, 5) is 11.5. The molecule has 114 valence electrons. The van der Waals surface area contributed by atoms with Gasteiger partial charge in [-0.15, -0.1) is 5.69 Å². The molecule has 0 heterocycles. The second-order valence-corrected chi connectivity index (χ2v) is 4.58. The maximum absolute atomic E-state index is 11.5. The summed E-state index contributed by atoms with van der Waals surface area (Å²) in [5.41, 5.74) is 2.75. The number of urea groups is 1. The van der Waals surface area contributed by atoms with Crippen LogP contribution in [0.4, 0.5) is 16.2 Å². The van der Waals surface area contributed by atoms with Gasteiger partial charge in [-0.05, 0) is 19.1 Å². The summed E-state index contributed by atoms with van der Waals surface area (Å²) in [6.45, 7) is 2.01. The smallest absolute Gasteiger partial charge is 0.371 e. The minimum atomic E-state index is -0.227. The molecule has 0 radical (unpaired) electrons. The molecule has 0 spiro atoms. The summed E-state index contributed by atoms with van der Waals surface area (Å²) in [5, 5.41) is 5.49. The number of nitrogens with one attached hydrogen (secondary N) is 2. The van der Waals surface area contributed by atoms with Crippen molar-refractivity contribution in [1.82, 2.24) is 0 Å². The van der Waals surface area contributed by atoms with E-state index in [4.69, 9.17) is 0 Å². The molecule has 0 saturated heterocycles. The van der Waals surface area contributed by atoms with Crippen LogP contribution in [0, 0.1) is 6.92 Å². The second kappa shape index (κ2) is 9.61. The normalized spacial score (nSPS) is 8.95. The molecule has 22 heavy (non-hydrogen) atoms. The molecule has 0 unspecified atom stereocenters. The molecule has 0 bridgehead atoms. The average Bonchev–Trinajstić information content (AvgIpc) is 3.16. The number of aryl methyl sites for hydroxylation is 1. The maximum atomic E-state index is 11.5. The summed E-state index contributed by atoms with van der Waals surface area (Å²) in [7, 11) is 0. The number of anilines is 2. The number of carbonyl (C=O) groups excluding carboxylic acids is 1. The Balaban J connectivity index is 0.000000344. The third kappa shape index (κ3) is 6.44. The topological polar surface area (TPSA) is 41.1 Å². The predicted molar refractivity (Wildman–Crippen MR) is 87.9 cm³/mol. The summed E-state index contributed by atoms with van der Waals surface area (Å²) >= 11 is 0. The Morgan fingerprint density at radius 1 is 0.864 bits per heavy atom. The van der Waals surface area contributed by atoms with Gasteiger partial charge in [0.1, 0.15) is 0 Å². The third-order valence-corrected chi connectivity index (χ3v) is 2.79.